The van der Waals surface area contributed by atoms with Gasteiger partial charge in [-0.2, -0.15) is 13.2 Å². The SMILES string of the molecule is CCC(C)NC(=O)c1cncc(Nc2cc(C(F)(F)F)ccc2Cl)c1. The van der Waals surface area contributed by atoms with Gasteiger partial charge in [-0.15, -0.1) is 0 Å². The summed E-state index contributed by atoms with van der Waals surface area (Å²) < 4.78 is 38.5. The average molecular weight is 372 g/mol. The standard InChI is InChI=1S/C17H17ClF3N3O/c1-3-10(2)23-16(25)11-6-13(9-22-8-11)24-15-7-12(17(19,20)21)4-5-14(15)18/h4-10,24H,3H2,1-2H3,(H,23,25). The van der Waals surface area contributed by atoms with E-state index in [2.05, 4.69) is 15.6 Å². The summed E-state index contributed by atoms with van der Waals surface area (Å²) in [6.07, 6.45) is -0.915. The largest absolute Gasteiger partial charge is 0.416 e. The topological polar surface area (TPSA) is 54.0 Å². The quantitative estimate of drug-likeness (QED) is 0.775. The third kappa shape index (κ3) is 5.09. The minimum Gasteiger partial charge on any atom is -0.353 e. The van der Waals surface area contributed by atoms with E-state index < -0.39 is 11.7 Å². The summed E-state index contributed by atoms with van der Waals surface area (Å²) in [5, 5.41) is 5.70. The maximum absolute atomic E-state index is 12.8. The van der Waals surface area contributed by atoms with Gasteiger partial charge in [0.2, 0.25) is 0 Å². The number of halogens is 4. The molecule has 1 heterocycles. The lowest BCUT2D eigenvalue weighted by Gasteiger charge is -2.14. The Labute approximate surface area is 148 Å². The zero-order valence-corrected chi connectivity index (χ0v) is 14.4. The summed E-state index contributed by atoms with van der Waals surface area (Å²) in [4.78, 5) is 16.1. The fourth-order valence-electron chi connectivity index (χ4n) is 1.99. The molecule has 2 N–H and O–H groups in total. The van der Waals surface area contributed by atoms with Gasteiger partial charge in [0.1, 0.15) is 0 Å². The zero-order chi connectivity index (χ0) is 18.6. The molecule has 1 unspecified atom stereocenters. The lowest BCUT2D eigenvalue weighted by atomic mass is 10.1. The van der Waals surface area contributed by atoms with E-state index >= 15 is 0 Å². The summed E-state index contributed by atoms with van der Waals surface area (Å²) >= 11 is 5.96. The van der Waals surface area contributed by atoms with Crippen LogP contribution in [0.3, 0.4) is 0 Å². The average Bonchev–Trinajstić information content (AvgIpc) is 2.56. The van der Waals surface area contributed by atoms with E-state index in [1.54, 1.807) is 0 Å². The van der Waals surface area contributed by atoms with Crippen LogP contribution in [0.25, 0.3) is 0 Å². The van der Waals surface area contributed by atoms with Crippen molar-refractivity contribution in [2.24, 2.45) is 0 Å². The molecule has 0 radical (unpaired) electrons. The first kappa shape index (κ1) is 19.1. The third-order valence-corrected chi connectivity index (χ3v) is 3.89. The van der Waals surface area contributed by atoms with Gasteiger partial charge in [-0.1, -0.05) is 18.5 Å². The van der Waals surface area contributed by atoms with Crippen LogP contribution in [0.2, 0.25) is 5.02 Å². The summed E-state index contributed by atoms with van der Waals surface area (Å²) in [5.41, 5.74) is -0.0813. The van der Waals surface area contributed by atoms with E-state index in [1.165, 1.54) is 24.5 Å². The molecule has 0 saturated heterocycles. The number of carbonyl (C=O) groups excluding carboxylic acids is 1. The van der Waals surface area contributed by atoms with Crippen molar-refractivity contribution < 1.29 is 18.0 Å². The van der Waals surface area contributed by atoms with Crippen LogP contribution in [-0.4, -0.2) is 16.9 Å². The molecule has 25 heavy (non-hydrogen) atoms. The van der Waals surface area contributed by atoms with Gasteiger partial charge < -0.3 is 10.6 Å². The van der Waals surface area contributed by atoms with Crippen LogP contribution in [-0.2, 0) is 6.18 Å². The monoisotopic (exact) mass is 371 g/mol. The molecular formula is C17H17ClF3N3O. The van der Waals surface area contributed by atoms with Crippen LogP contribution in [0.5, 0.6) is 0 Å². The molecule has 1 aromatic carbocycles. The molecule has 0 bridgehead atoms. The van der Waals surface area contributed by atoms with Crippen molar-refractivity contribution in [2.45, 2.75) is 32.5 Å². The molecule has 0 spiro atoms. The van der Waals surface area contributed by atoms with Crippen LogP contribution < -0.4 is 10.6 Å². The molecule has 1 atom stereocenters. The van der Waals surface area contributed by atoms with Crippen molar-refractivity contribution in [3.63, 3.8) is 0 Å². The predicted molar refractivity (Wildman–Crippen MR) is 91.2 cm³/mol. The fourth-order valence-corrected chi connectivity index (χ4v) is 2.16. The Balaban J connectivity index is 2.24. The van der Waals surface area contributed by atoms with Gasteiger partial charge in [0.05, 0.1) is 33.7 Å². The summed E-state index contributed by atoms with van der Waals surface area (Å²) in [5.74, 6) is -0.305. The number of hydrogen-bond donors (Lipinski definition) is 2. The van der Waals surface area contributed by atoms with Gasteiger partial charge in [-0.3, -0.25) is 9.78 Å². The molecule has 8 heteroatoms. The highest BCUT2D eigenvalue weighted by Gasteiger charge is 2.31. The van der Waals surface area contributed by atoms with Crippen molar-refractivity contribution in [2.75, 3.05) is 5.32 Å². The Bertz CT molecular complexity index is 765. The molecule has 1 amide bonds. The highest BCUT2D eigenvalue weighted by atomic mass is 35.5. The highest BCUT2D eigenvalue weighted by molar-refractivity contribution is 6.33. The van der Waals surface area contributed by atoms with Gasteiger partial charge in [0, 0.05) is 12.2 Å². The van der Waals surface area contributed by atoms with Crippen molar-refractivity contribution in [1.29, 1.82) is 0 Å². The zero-order valence-electron chi connectivity index (χ0n) is 13.6. The van der Waals surface area contributed by atoms with Gasteiger partial charge in [0.15, 0.2) is 0 Å². The number of pyridine rings is 1. The van der Waals surface area contributed by atoms with Gasteiger partial charge >= 0.3 is 6.18 Å². The number of nitrogens with one attached hydrogen (secondary N) is 2. The summed E-state index contributed by atoms with van der Waals surface area (Å²) in [6, 6.07) is 4.48. The molecule has 2 aromatic rings. The number of amides is 1. The molecule has 4 nitrogen and oxygen atoms in total. The van der Waals surface area contributed by atoms with Gasteiger partial charge in [0.25, 0.3) is 5.91 Å². The first-order valence-electron chi connectivity index (χ1n) is 7.60. The van der Waals surface area contributed by atoms with E-state index in [1.807, 2.05) is 13.8 Å². The number of anilines is 2. The molecule has 0 aliphatic heterocycles. The van der Waals surface area contributed by atoms with Gasteiger partial charge in [-0.25, -0.2) is 0 Å². The Morgan fingerprint density at radius 1 is 1.28 bits per heavy atom. The fraction of sp³-hybridized carbons (Fsp3) is 0.294. The second-order valence-electron chi connectivity index (χ2n) is 5.56. The number of hydrogen-bond acceptors (Lipinski definition) is 3. The van der Waals surface area contributed by atoms with Crippen LogP contribution >= 0.6 is 11.6 Å². The number of benzene rings is 1. The minimum atomic E-state index is -4.47. The Hall–Kier alpha value is -2.28. The molecule has 0 aliphatic carbocycles. The van der Waals surface area contributed by atoms with E-state index in [-0.39, 0.29) is 22.7 Å². The molecule has 134 valence electrons. The van der Waals surface area contributed by atoms with Crippen molar-refractivity contribution in [1.82, 2.24) is 10.3 Å². The van der Waals surface area contributed by atoms with E-state index in [0.717, 1.165) is 18.6 Å². The maximum atomic E-state index is 12.8. The number of rotatable bonds is 5. The summed E-state index contributed by atoms with van der Waals surface area (Å²) in [7, 11) is 0. The van der Waals surface area contributed by atoms with Crippen molar-refractivity contribution in [3.8, 4) is 0 Å². The number of nitrogens with zero attached hydrogens (tertiary/aromatic N) is 1. The smallest absolute Gasteiger partial charge is 0.353 e. The lowest BCUT2D eigenvalue weighted by Crippen LogP contribution is -2.31. The van der Waals surface area contributed by atoms with E-state index in [9.17, 15) is 18.0 Å². The molecule has 0 saturated carbocycles. The normalized spacial score (nSPS) is 12.6. The van der Waals surface area contributed by atoms with Crippen LogP contribution in [0.15, 0.2) is 36.7 Å². The summed E-state index contributed by atoms with van der Waals surface area (Å²) in [6.45, 7) is 3.81. The Morgan fingerprint density at radius 2 is 2.00 bits per heavy atom. The van der Waals surface area contributed by atoms with Crippen LogP contribution in [0.1, 0.15) is 36.2 Å². The molecule has 0 fully saturated rings. The van der Waals surface area contributed by atoms with E-state index in [0.29, 0.717) is 11.3 Å². The number of carbonyl (C=O) groups is 1. The molecule has 0 aliphatic rings. The Morgan fingerprint density at radius 3 is 2.64 bits per heavy atom. The predicted octanol–water partition coefficient (Wildman–Crippen LogP) is 5.03. The minimum absolute atomic E-state index is 0.00188. The number of alkyl halides is 3. The molecular weight excluding hydrogens is 355 g/mol. The maximum Gasteiger partial charge on any atom is 0.416 e. The first-order valence-corrected chi connectivity index (χ1v) is 7.98. The third-order valence-electron chi connectivity index (χ3n) is 3.56. The molecule has 1 aromatic heterocycles. The van der Waals surface area contributed by atoms with Crippen molar-refractivity contribution in [3.05, 3.63) is 52.8 Å². The first-order chi connectivity index (χ1) is 11.7. The Kier molecular flexibility index (Phi) is 5.89. The molecule has 2 rings (SSSR count). The van der Waals surface area contributed by atoms with Crippen molar-refractivity contribution >= 4 is 28.9 Å². The van der Waals surface area contributed by atoms with Gasteiger partial charge in [-0.05, 0) is 37.6 Å². The lowest BCUT2D eigenvalue weighted by molar-refractivity contribution is -0.137. The number of aromatic nitrogens is 1. The van der Waals surface area contributed by atoms with E-state index in [4.69, 9.17) is 11.6 Å². The second-order valence-corrected chi connectivity index (χ2v) is 5.97. The van der Waals surface area contributed by atoms with Crippen LogP contribution in [0.4, 0.5) is 24.5 Å². The van der Waals surface area contributed by atoms with Crippen LogP contribution in [0, 0.1) is 0 Å². The second kappa shape index (κ2) is 7.74. The highest BCUT2D eigenvalue weighted by Crippen LogP contribution is 2.34.